The highest BCUT2D eigenvalue weighted by Crippen LogP contribution is 2.30. The Kier molecular flexibility index (Phi) is 3.05. The highest BCUT2D eigenvalue weighted by Gasteiger charge is 2.16. The summed E-state index contributed by atoms with van der Waals surface area (Å²) < 4.78 is 5.76. The van der Waals surface area contributed by atoms with E-state index in [0.29, 0.717) is 10.8 Å². The van der Waals surface area contributed by atoms with Crippen LogP contribution in [0.1, 0.15) is 23.0 Å². The van der Waals surface area contributed by atoms with Gasteiger partial charge in [0.05, 0.1) is 0 Å². The number of aliphatic hydroxyl groups is 1. The minimum atomic E-state index is -0.800. The fraction of sp³-hybridized carbons (Fsp3) is 0.125. The molecule has 1 atom stereocenters. The largest absolute Gasteiger partial charge is 0.458 e. The predicted molar refractivity (Wildman–Crippen MR) is 76.5 cm³/mol. The molecule has 19 heavy (non-hydrogen) atoms. The summed E-state index contributed by atoms with van der Waals surface area (Å²) in [5.41, 5.74) is 2.60. The summed E-state index contributed by atoms with van der Waals surface area (Å²) in [5.74, 6) is 0.534. The van der Waals surface area contributed by atoms with Crippen molar-refractivity contribution in [1.82, 2.24) is 0 Å². The van der Waals surface area contributed by atoms with Crippen molar-refractivity contribution in [2.75, 3.05) is 0 Å². The van der Waals surface area contributed by atoms with Crippen LogP contribution >= 0.6 is 11.6 Å². The van der Waals surface area contributed by atoms with Crippen molar-refractivity contribution < 1.29 is 9.52 Å². The van der Waals surface area contributed by atoms with Gasteiger partial charge in [0.1, 0.15) is 17.4 Å². The van der Waals surface area contributed by atoms with Gasteiger partial charge in [-0.25, -0.2) is 0 Å². The van der Waals surface area contributed by atoms with Gasteiger partial charge in [-0.05, 0) is 36.2 Å². The molecule has 0 amide bonds. The second-order valence-corrected chi connectivity index (χ2v) is 5.04. The summed E-state index contributed by atoms with van der Waals surface area (Å²) in [7, 11) is 0. The number of rotatable bonds is 2. The van der Waals surface area contributed by atoms with E-state index in [2.05, 4.69) is 0 Å². The van der Waals surface area contributed by atoms with E-state index < -0.39 is 6.10 Å². The van der Waals surface area contributed by atoms with Crippen LogP contribution in [0.4, 0.5) is 0 Å². The molecule has 1 N–H and O–H groups in total. The van der Waals surface area contributed by atoms with Gasteiger partial charge >= 0.3 is 0 Å². The summed E-state index contributed by atoms with van der Waals surface area (Å²) >= 11 is 5.94. The molecule has 1 aromatic heterocycles. The van der Waals surface area contributed by atoms with Gasteiger partial charge in [0.2, 0.25) is 0 Å². The number of furan rings is 1. The third-order valence-electron chi connectivity index (χ3n) is 3.19. The zero-order valence-corrected chi connectivity index (χ0v) is 11.2. The third kappa shape index (κ3) is 2.25. The van der Waals surface area contributed by atoms with Crippen LogP contribution in [0.25, 0.3) is 11.0 Å². The molecule has 0 aliphatic carbocycles. The van der Waals surface area contributed by atoms with E-state index in [1.54, 1.807) is 12.1 Å². The maximum absolute atomic E-state index is 10.4. The molecule has 0 saturated carbocycles. The minimum Gasteiger partial charge on any atom is -0.458 e. The van der Waals surface area contributed by atoms with Gasteiger partial charge in [-0.1, -0.05) is 41.9 Å². The SMILES string of the molecule is Cc1cccc2cc(C(O)c3cccc(Cl)c3)oc12. The van der Waals surface area contributed by atoms with E-state index in [9.17, 15) is 5.11 Å². The number of fused-ring (bicyclic) bond motifs is 1. The molecule has 96 valence electrons. The first-order valence-electron chi connectivity index (χ1n) is 6.08. The summed E-state index contributed by atoms with van der Waals surface area (Å²) in [6.07, 6.45) is -0.800. The number of hydrogen-bond acceptors (Lipinski definition) is 2. The molecule has 3 aromatic rings. The van der Waals surface area contributed by atoms with Crippen LogP contribution in [0.2, 0.25) is 5.02 Å². The monoisotopic (exact) mass is 272 g/mol. The molecule has 3 rings (SSSR count). The Balaban J connectivity index is 2.06. The van der Waals surface area contributed by atoms with Gasteiger partial charge in [0.15, 0.2) is 0 Å². The molecule has 2 nitrogen and oxygen atoms in total. The van der Waals surface area contributed by atoms with E-state index in [1.807, 2.05) is 43.3 Å². The summed E-state index contributed by atoms with van der Waals surface area (Å²) in [6.45, 7) is 1.99. The van der Waals surface area contributed by atoms with Gasteiger partial charge in [-0.2, -0.15) is 0 Å². The summed E-state index contributed by atoms with van der Waals surface area (Å²) in [5, 5.41) is 12.0. The first-order chi connectivity index (χ1) is 9.15. The third-order valence-corrected chi connectivity index (χ3v) is 3.43. The van der Waals surface area contributed by atoms with Crippen molar-refractivity contribution >= 4 is 22.6 Å². The fourth-order valence-electron chi connectivity index (χ4n) is 2.20. The Morgan fingerprint density at radius 3 is 2.63 bits per heavy atom. The number of halogens is 1. The molecule has 1 unspecified atom stereocenters. The van der Waals surface area contributed by atoms with Gasteiger partial charge in [-0.15, -0.1) is 0 Å². The van der Waals surface area contributed by atoms with Crippen LogP contribution in [0.5, 0.6) is 0 Å². The minimum absolute atomic E-state index is 0.534. The maximum atomic E-state index is 10.4. The van der Waals surface area contributed by atoms with Crippen LogP contribution in [0.15, 0.2) is 52.9 Å². The van der Waals surface area contributed by atoms with E-state index in [4.69, 9.17) is 16.0 Å². The number of hydrogen-bond donors (Lipinski definition) is 1. The first kappa shape index (κ1) is 12.3. The highest BCUT2D eigenvalue weighted by atomic mass is 35.5. The van der Waals surface area contributed by atoms with Crippen molar-refractivity contribution in [2.45, 2.75) is 13.0 Å². The molecule has 0 bridgehead atoms. The van der Waals surface area contributed by atoms with E-state index in [1.165, 1.54) is 0 Å². The number of benzene rings is 2. The summed E-state index contributed by atoms with van der Waals surface area (Å²) in [4.78, 5) is 0. The molecule has 2 aromatic carbocycles. The van der Waals surface area contributed by atoms with E-state index >= 15 is 0 Å². The second kappa shape index (κ2) is 4.72. The topological polar surface area (TPSA) is 33.4 Å². The Morgan fingerprint density at radius 1 is 1.11 bits per heavy atom. The van der Waals surface area contributed by atoms with Crippen molar-refractivity contribution in [1.29, 1.82) is 0 Å². The molecule has 1 heterocycles. The van der Waals surface area contributed by atoms with Crippen LogP contribution in [-0.2, 0) is 0 Å². The lowest BCUT2D eigenvalue weighted by Crippen LogP contribution is -1.97. The average Bonchev–Trinajstić information content (AvgIpc) is 2.83. The van der Waals surface area contributed by atoms with E-state index in [-0.39, 0.29) is 0 Å². The normalized spacial score (nSPS) is 12.8. The Bertz CT molecular complexity index is 730. The van der Waals surface area contributed by atoms with Crippen molar-refractivity contribution in [3.05, 3.63) is 70.4 Å². The standard InChI is InChI=1S/C16H13ClO2/c1-10-4-2-6-12-9-14(19-16(10)12)15(18)11-5-3-7-13(17)8-11/h2-9,15,18H,1H3. The molecule has 0 aliphatic rings. The highest BCUT2D eigenvalue weighted by molar-refractivity contribution is 6.30. The van der Waals surface area contributed by atoms with E-state index in [0.717, 1.165) is 22.1 Å². The first-order valence-corrected chi connectivity index (χ1v) is 6.45. The number of aryl methyl sites for hydroxylation is 1. The van der Waals surface area contributed by atoms with Crippen molar-refractivity contribution in [3.63, 3.8) is 0 Å². The average molecular weight is 273 g/mol. The number of para-hydroxylation sites is 1. The lowest BCUT2D eigenvalue weighted by atomic mass is 10.1. The lowest BCUT2D eigenvalue weighted by molar-refractivity contribution is 0.192. The molecule has 0 fully saturated rings. The smallest absolute Gasteiger partial charge is 0.138 e. The fourth-order valence-corrected chi connectivity index (χ4v) is 2.40. The quantitative estimate of drug-likeness (QED) is 0.746. The van der Waals surface area contributed by atoms with Gasteiger partial charge in [0.25, 0.3) is 0 Å². The molecular weight excluding hydrogens is 260 g/mol. The van der Waals surface area contributed by atoms with Crippen LogP contribution in [0.3, 0.4) is 0 Å². The zero-order valence-electron chi connectivity index (χ0n) is 10.4. The molecule has 0 spiro atoms. The molecule has 3 heteroatoms. The van der Waals surface area contributed by atoms with Crippen LogP contribution in [0, 0.1) is 6.92 Å². The van der Waals surface area contributed by atoms with Gasteiger partial charge < -0.3 is 9.52 Å². The van der Waals surface area contributed by atoms with Gasteiger partial charge in [0, 0.05) is 10.4 Å². The van der Waals surface area contributed by atoms with Crippen LogP contribution < -0.4 is 0 Å². The molecule has 0 saturated heterocycles. The second-order valence-electron chi connectivity index (χ2n) is 4.60. The Labute approximate surface area is 116 Å². The van der Waals surface area contributed by atoms with Gasteiger partial charge in [-0.3, -0.25) is 0 Å². The number of aliphatic hydroxyl groups excluding tert-OH is 1. The molecule has 0 radical (unpaired) electrons. The lowest BCUT2D eigenvalue weighted by Gasteiger charge is -2.07. The van der Waals surface area contributed by atoms with Crippen molar-refractivity contribution in [2.24, 2.45) is 0 Å². The molecule has 0 aliphatic heterocycles. The predicted octanol–water partition coefficient (Wildman–Crippen LogP) is 4.48. The summed E-state index contributed by atoms with van der Waals surface area (Å²) in [6, 6.07) is 15.0. The maximum Gasteiger partial charge on any atom is 0.138 e. The Hall–Kier alpha value is -1.77. The zero-order chi connectivity index (χ0) is 13.4. The van der Waals surface area contributed by atoms with Crippen molar-refractivity contribution in [3.8, 4) is 0 Å². The Morgan fingerprint density at radius 2 is 1.89 bits per heavy atom. The van der Waals surface area contributed by atoms with Crippen LogP contribution in [-0.4, -0.2) is 5.11 Å². The molecular formula is C16H13ClO2.